The molecule has 0 spiro atoms. The molecule has 0 amide bonds. The van der Waals surface area contributed by atoms with Gasteiger partial charge in [0, 0.05) is 28.1 Å². The van der Waals surface area contributed by atoms with Crippen LogP contribution in [0.2, 0.25) is 0 Å². The van der Waals surface area contributed by atoms with Gasteiger partial charge in [0.2, 0.25) is 0 Å². The summed E-state index contributed by atoms with van der Waals surface area (Å²) in [5.74, 6) is 1.38. The Kier molecular flexibility index (Phi) is 3.46. The SMILES string of the molecule is Cc1nn(C(C)(C)C)c2c1[C@H](c1cccs1)C1=C(CCCC1=O)N2. The van der Waals surface area contributed by atoms with Crippen LogP contribution in [-0.4, -0.2) is 15.6 Å². The largest absolute Gasteiger partial charge is 0.343 e. The molecule has 1 N–H and O–H groups in total. The number of rotatable bonds is 1. The maximum absolute atomic E-state index is 12.7. The second-order valence-electron chi connectivity index (χ2n) is 7.67. The number of Topliss-reactive ketones (excluding diaryl/α,β-unsaturated/α-hetero) is 1. The molecule has 0 aromatic carbocycles. The average molecular weight is 341 g/mol. The Hall–Kier alpha value is -1.88. The van der Waals surface area contributed by atoms with E-state index in [2.05, 4.69) is 55.2 Å². The summed E-state index contributed by atoms with van der Waals surface area (Å²) in [6.07, 6.45) is 2.53. The fraction of sp³-hybridized carbons (Fsp3) is 0.474. The summed E-state index contributed by atoms with van der Waals surface area (Å²) in [6.45, 7) is 8.55. The van der Waals surface area contributed by atoms with Crippen molar-refractivity contribution in [2.45, 2.75) is 58.4 Å². The second-order valence-corrected chi connectivity index (χ2v) is 8.65. The van der Waals surface area contributed by atoms with Gasteiger partial charge in [-0.25, -0.2) is 4.68 Å². The molecule has 2 aromatic rings. The van der Waals surface area contributed by atoms with Gasteiger partial charge in [-0.2, -0.15) is 5.10 Å². The molecule has 2 aliphatic rings. The fourth-order valence-corrected chi connectivity index (χ4v) is 4.69. The standard InChI is InChI=1S/C19H23N3OS/c1-11-15-17(14-9-6-10-24-14)16-12(7-5-8-13(16)23)20-18(15)22(21-11)19(2,3)4/h6,9-10,17,20H,5,7-8H2,1-4H3/t17-/m0/s1. The summed E-state index contributed by atoms with van der Waals surface area (Å²) in [6, 6.07) is 4.21. The molecule has 4 nitrogen and oxygen atoms in total. The number of hydrogen-bond donors (Lipinski definition) is 1. The van der Waals surface area contributed by atoms with E-state index in [1.807, 2.05) is 0 Å². The molecule has 1 aliphatic heterocycles. The van der Waals surface area contributed by atoms with Gasteiger partial charge in [0.1, 0.15) is 5.82 Å². The number of nitrogens with one attached hydrogen (secondary N) is 1. The van der Waals surface area contributed by atoms with Gasteiger partial charge in [-0.15, -0.1) is 11.3 Å². The highest BCUT2D eigenvalue weighted by molar-refractivity contribution is 7.10. The molecule has 1 aliphatic carbocycles. The van der Waals surface area contributed by atoms with Gasteiger partial charge >= 0.3 is 0 Å². The van der Waals surface area contributed by atoms with E-state index in [-0.39, 0.29) is 17.2 Å². The van der Waals surface area contributed by atoms with Gasteiger partial charge in [0.15, 0.2) is 5.78 Å². The molecule has 0 bridgehead atoms. The number of nitrogens with zero attached hydrogens (tertiary/aromatic N) is 2. The van der Waals surface area contributed by atoms with Crippen LogP contribution in [0.25, 0.3) is 0 Å². The number of aromatic nitrogens is 2. The molecular weight excluding hydrogens is 318 g/mol. The molecule has 0 unspecified atom stereocenters. The van der Waals surface area contributed by atoms with Gasteiger partial charge in [0.25, 0.3) is 0 Å². The highest BCUT2D eigenvalue weighted by Gasteiger charge is 2.40. The Morgan fingerprint density at radius 2 is 2.12 bits per heavy atom. The minimum absolute atomic E-state index is 0.0279. The van der Waals surface area contributed by atoms with Gasteiger partial charge in [0.05, 0.1) is 17.2 Å². The summed E-state index contributed by atoms with van der Waals surface area (Å²) in [7, 11) is 0. The monoisotopic (exact) mass is 341 g/mol. The maximum Gasteiger partial charge on any atom is 0.161 e. The van der Waals surface area contributed by atoms with Crippen LogP contribution >= 0.6 is 11.3 Å². The van der Waals surface area contributed by atoms with Crippen LogP contribution in [0.1, 0.15) is 62.1 Å². The van der Waals surface area contributed by atoms with Crippen LogP contribution in [0.15, 0.2) is 28.8 Å². The number of thiophene rings is 1. The van der Waals surface area contributed by atoms with Crippen LogP contribution in [0.5, 0.6) is 0 Å². The Labute approximate surface area is 146 Å². The molecule has 0 fully saturated rings. The molecular formula is C19H23N3OS. The number of ketones is 1. The van der Waals surface area contributed by atoms with E-state index in [1.54, 1.807) is 11.3 Å². The van der Waals surface area contributed by atoms with Crippen molar-refractivity contribution in [3.05, 3.63) is 44.9 Å². The molecule has 1 atom stereocenters. The van der Waals surface area contributed by atoms with Gasteiger partial charge < -0.3 is 5.32 Å². The Morgan fingerprint density at radius 3 is 2.79 bits per heavy atom. The van der Waals surface area contributed by atoms with E-state index in [1.165, 1.54) is 10.4 Å². The van der Waals surface area contributed by atoms with Gasteiger partial charge in [-0.1, -0.05) is 6.07 Å². The minimum Gasteiger partial charge on any atom is -0.343 e. The fourth-order valence-electron chi connectivity index (χ4n) is 3.85. The van der Waals surface area contributed by atoms with E-state index < -0.39 is 0 Å². The lowest BCUT2D eigenvalue weighted by atomic mass is 9.78. The number of aryl methyl sites for hydroxylation is 1. The van der Waals surface area contributed by atoms with Gasteiger partial charge in [-0.3, -0.25) is 4.79 Å². The number of anilines is 1. The summed E-state index contributed by atoms with van der Waals surface area (Å²) >= 11 is 1.73. The van der Waals surface area contributed by atoms with E-state index in [9.17, 15) is 4.79 Å². The molecule has 0 saturated carbocycles. The summed E-state index contributed by atoms with van der Waals surface area (Å²) < 4.78 is 2.08. The van der Waals surface area contributed by atoms with Crippen molar-refractivity contribution in [3.63, 3.8) is 0 Å². The molecule has 4 rings (SSSR count). The van der Waals surface area contributed by atoms with E-state index in [0.29, 0.717) is 6.42 Å². The number of carbonyl (C=O) groups excluding carboxylic acids is 1. The maximum atomic E-state index is 12.7. The minimum atomic E-state index is -0.109. The van der Waals surface area contributed by atoms with Crippen molar-refractivity contribution >= 4 is 22.9 Å². The Bertz CT molecular complexity index is 837. The molecule has 5 heteroatoms. The van der Waals surface area contributed by atoms with E-state index in [0.717, 1.165) is 35.6 Å². The van der Waals surface area contributed by atoms with Crippen LogP contribution in [0.4, 0.5) is 5.82 Å². The van der Waals surface area contributed by atoms with Crippen molar-refractivity contribution in [1.29, 1.82) is 0 Å². The van der Waals surface area contributed by atoms with Gasteiger partial charge in [-0.05, 0) is 52.0 Å². The predicted octanol–water partition coefficient (Wildman–Crippen LogP) is 4.57. The topological polar surface area (TPSA) is 46.9 Å². The van der Waals surface area contributed by atoms with Crippen molar-refractivity contribution in [3.8, 4) is 0 Å². The van der Waals surface area contributed by atoms with Crippen molar-refractivity contribution in [2.24, 2.45) is 0 Å². The molecule has 2 aromatic heterocycles. The number of fused-ring (bicyclic) bond motifs is 1. The molecule has 126 valence electrons. The third-order valence-electron chi connectivity index (χ3n) is 4.87. The van der Waals surface area contributed by atoms with Crippen molar-refractivity contribution in [2.75, 3.05) is 5.32 Å². The number of carbonyl (C=O) groups is 1. The smallest absolute Gasteiger partial charge is 0.161 e. The predicted molar refractivity (Wildman–Crippen MR) is 97.6 cm³/mol. The molecule has 3 heterocycles. The Morgan fingerprint density at radius 1 is 1.33 bits per heavy atom. The van der Waals surface area contributed by atoms with Crippen LogP contribution in [-0.2, 0) is 10.3 Å². The lowest BCUT2D eigenvalue weighted by Gasteiger charge is -2.33. The number of allylic oxidation sites excluding steroid dienone is 2. The van der Waals surface area contributed by atoms with Crippen molar-refractivity contribution < 1.29 is 4.79 Å². The lowest BCUT2D eigenvalue weighted by molar-refractivity contribution is -0.116. The summed E-state index contributed by atoms with van der Waals surface area (Å²) in [4.78, 5) is 14.0. The third-order valence-corrected chi connectivity index (χ3v) is 5.81. The van der Waals surface area contributed by atoms with Crippen LogP contribution < -0.4 is 5.32 Å². The van der Waals surface area contributed by atoms with E-state index >= 15 is 0 Å². The third kappa shape index (κ3) is 2.25. The van der Waals surface area contributed by atoms with Crippen molar-refractivity contribution in [1.82, 2.24) is 9.78 Å². The Balaban J connectivity index is 1.98. The van der Waals surface area contributed by atoms with Crippen LogP contribution in [0, 0.1) is 6.92 Å². The van der Waals surface area contributed by atoms with Crippen LogP contribution in [0.3, 0.4) is 0 Å². The first-order valence-corrected chi connectivity index (χ1v) is 9.42. The average Bonchev–Trinajstić information content (AvgIpc) is 3.13. The normalized spacial score (nSPS) is 20.7. The summed E-state index contributed by atoms with van der Waals surface area (Å²) in [5.41, 5.74) is 4.13. The first-order chi connectivity index (χ1) is 11.4. The zero-order valence-corrected chi connectivity index (χ0v) is 15.5. The molecule has 0 radical (unpaired) electrons. The molecule has 24 heavy (non-hydrogen) atoms. The highest BCUT2D eigenvalue weighted by Crippen LogP contribution is 2.48. The summed E-state index contributed by atoms with van der Waals surface area (Å²) in [5, 5.41) is 10.5. The number of hydrogen-bond acceptors (Lipinski definition) is 4. The zero-order chi connectivity index (χ0) is 17.1. The molecule has 0 saturated heterocycles. The first-order valence-electron chi connectivity index (χ1n) is 8.54. The lowest BCUT2D eigenvalue weighted by Crippen LogP contribution is -2.30. The highest BCUT2D eigenvalue weighted by atomic mass is 32.1. The quantitative estimate of drug-likeness (QED) is 0.826. The van der Waals surface area contributed by atoms with E-state index in [4.69, 9.17) is 5.10 Å². The zero-order valence-electron chi connectivity index (χ0n) is 14.6. The first kappa shape index (κ1) is 15.6. The second kappa shape index (κ2) is 5.31.